The topological polar surface area (TPSA) is 65.3 Å². The van der Waals surface area contributed by atoms with Gasteiger partial charge in [0.2, 0.25) is 0 Å². The van der Waals surface area contributed by atoms with Gasteiger partial charge in [-0.15, -0.1) is 0 Å². The molecule has 40 heavy (non-hydrogen) atoms. The van der Waals surface area contributed by atoms with Crippen LogP contribution >= 0.6 is 0 Å². The van der Waals surface area contributed by atoms with Crippen LogP contribution in [0.2, 0.25) is 0 Å². The zero-order valence-electron chi connectivity index (χ0n) is 20.5. The minimum atomic E-state index is -5.12. The van der Waals surface area contributed by atoms with Crippen molar-refractivity contribution >= 4 is 23.2 Å². The number of hydrogen-bond acceptors (Lipinski definition) is 4. The molecule has 5 rings (SSSR count). The van der Waals surface area contributed by atoms with Crippen molar-refractivity contribution in [3.8, 4) is 0 Å². The fourth-order valence-electron chi connectivity index (χ4n) is 4.73. The van der Waals surface area contributed by atoms with Gasteiger partial charge in [0.05, 0.1) is 23.5 Å². The van der Waals surface area contributed by atoms with Gasteiger partial charge >= 0.3 is 24.2 Å². The zero-order chi connectivity index (χ0) is 28.7. The second-order valence-corrected chi connectivity index (χ2v) is 9.23. The average molecular weight is 558 g/mol. The molecule has 0 fully saturated rings. The lowest BCUT2D eigenvalue weighted by atomic mass is 9.95. The third-order valence-electron chi connectivity index (χ3n) is 6.64. The minimum Gasteiger partial charge on any atom is -0.262 e. The summed E-state index contributed by atoms with van der Waals surface area (Å²) in [5, 5.41) is 8.86. The monoisotopic (exact) mass is 558 g/mol. The maximum Gasteiger partial charge on any atom is 0.473 e. The van der Waals surface area contributed by atoms with Crippen molar-refractivity contribution in [2.45, 2.75) is 37.3 Å². The molecule has 0 aliphatic carbocycles. The van der Waals surface area contributed by atoms with Crippen LogP contribution in [0.1, 0.15) is 47.2 Å². The predicted octanol–water partition coefficient (Wildman–Crippen LogP) is 6.17. The molecule has 0 radical (unpaired) electrons. The van der Waals surface area contributed by atoms with E-state index in [-0.39, 0.29) is 24.3 Å². The van der Waals surface area contributed by atoms with Gasteiger partial charge in [-0.2, -0.15) is 36.5 Å². The molecule has 0 unspecified atom stereocenters. The Morgan fingerprint density at radius 2 is 0.900 bits per heavy atom. The number of carbonyl (C=O) groups excluding carboxylic acids is 2. The lowest BCUT2D eigenvalue weighted by Gasteiger charge is -2.22. The summed E-state index contributed by atoms with van der Waals surface area (Å²) in [5.41, 5.74) is 2.31. The SMILES string of the molecule is O=C(N1N=C(c2ccc(C3=NN(C(=O)C(F)(F)F)[C@H](c4ccccc4)C3)cc2)C[C@H]1c1ccccc1)C(F)(F)F. The first-order valence-corrected chi connectivity index (χ1v) is 12.1. The van der Waals surface area contributed by atoms with Gasteiger partial charge < -0.3 is 0 Å². The highest BCUT2D eigenvalue weighted by molar-refractivity contribution is 6.06. The molecule has 206 valence electrons. The fourth-order valence-corrected chi connectivity index (χ4v) is 4.73. The number of halogens is 6. The normalized spacial score (nSPS) is 19.4. The van der Waals surface area contributed by atoms with Gasteiger partial charge in [0.25, 0.3) is 0 Å². The number of benzene rings is 3. The van der Waals surface area contributed by atoms with Crippen molar-refractivity contribution in [2.75, 3.05) is 0 Å². The van der Waals surface area contributed by atoms with E-state index in [0.717, 1.165) is 0 Å². The Labute approximate surface area is 224 Å². The van der Waals surface area contributed by atoms with E-state index in [0.29, 0.717) is 32.3 Å². The Hall–Kier alpha value is -4.48. The Morgan fingerprint density at radius 1 is 0.575 bits per heavy atom. The number of carbonyl (C=O) groups is 2. The molecule has 2 heterocycles. The second-order valence-electron chi connectivity index (χ2n) is 9.23. The molecule has 0 saturated carbocycles. The van der Waals surface area contributed by atoms with Gasteiger partial charge in [-0.1, -0.05) is 84.9 Å². The van der Waals surface area contributed by atoms with Crippen molar-refractivity contribution in [3.63, 3.8) is 0 Å². The Morgan fingerprint density at radius 3 is 1.20 bits per heavy atom. The summed E-state index contributed by atoms with van der Waals surface area (Å²) in [7, 11) is 0. The molecule has 0 N–H and O–H groups in total. The summed E-state index contributed by atoms with van der Waals surface area (Å²) < 4.78 is 79.7. The van der Waals surface area contributed by atoms with Crippen molar-refractivity contribution in [3.05, 3.63) is 107 Å². The number of rotatable bonds is 4. The van der Waals surface area contributed by atoms with Crippen LogP contribution in [0.4, 0.5) is 26.3 Å². The van der Waals surface area contributed by atoms with Crippen LogP contribution in [-0.2, 0) is 9.59 Å². The van der Waals surface area contributed by atoms with E-state index >= 15 is 0 Å². The van der Waals surface area contributed by atoms with E-state index in [2.05, 4.69) is 10.2 Å². The Balaban J connectivity index is 1.43. The largest absolute Gasteiger partial charge is 0.473 e. The van der Waals surface area contributed by atoms with Gasteiger partial charge in [-0.25, -0.2) is 10.0 Å². The summed E-state index contributed by atoms with van der Waals surface area (Å²) in [6.45, 7) is 0. The van der Waals surface area contributed by atoms with Gasteiger partial charge in [-0.05, 0) is 22.3 Å². The first kappa shape index (κ1) is 27.1. The fraction of sp³-hybridized carbons (Fsp3) is 0.214. The first-order chi connectivity index (χ1) is 18.9. The summed E-state index contributed by atoms with van der Waals surface area (Å²) in [6.07, 6.45) is -10.2. The summed E-state index contributed by atoms with van der Waals surface area (Å²) >= 11 is 0. The lowest BCUT2D eigenvalue weighted by molar-refractivity contribution is -0.187. The molecule has 0 spiro atoms. The highest BCUT2D eigenvalue weighted by atomic mass is 19.4. The van der Waals surface area contributed by atoms with Crippen LogP contribution in [0, 0.1) is 0 Å². The second kappa shape index (κ2) is 10.2. The molecule has 2 atom stereocenters. The highest BCUT2D eigenvalue weighted by Crippen LogP contribution is 2.38. The van der Waals surface area contributed by atoms with Crippen molar-refractivity contribution < 1.29 is 35.9 Å². The molecule has 0 bridgehead atoms. The molecule has 3 aromatic rings. The van der Waals surface area contributed by atoms with Crippen molar-refractivity contribution in [1.82, 2.24) is 10.0 Å². The Kier molecular flexibility index (Phi) is 6.94. The molecule has 0 aromatic heterocycles. The molecular weight excluding hydrogens is 538 g/mol. The molecule has 0 saturated heterocycles. The molecular formula is C28H20F6N4O2. The maximum absolute atomic E-state index is 13.3. The summed E-state index contributed by atoms with van der Waals surface area (Å²) in [5.74, 6) is -4.18. The molecule has 6 nitrogen and oxygen atoms in total. The van der Waals surface area contributed by atoms with E-state index in [4.69, 9.17) is 0 Å². The van der Waals surface area contributed by atoms with Crippen molar-refractivity contribution in [2.24, 2.45) is 10.2 Å². The van der Waals surface area contributed by atoms with Gasteiger partial charge in [0.1, 0.15) is 0 Å². The standard InChI is InChI=1S/C28H20F6N4O2/c29-27(30,31)25(39)37-23(19-7-3-1-4-8-19)15-21(35-37)17-11-13-18(14-12-17)22-16-24(20-9-5-2-6-10-20)38(36-22)26(40)28(32,33)34/h1-14,23-24H,15-16H2/t23-,24-/m0/s1. The smallest absolute Gasteiger partial charge is 0.262 e. The van der Waals surface area contributed by atoms with Crippen LogP contribution in [0.25, 0.3) is 0 Å². The zero-order valence-corrected chi connectivity index (χ0v) is 20.5. The number of hydrazone groups is 2. The summed E-state index contributed by atoms with van der Waals surface area (Å²) in [6, 6.07) is 20.7. The Bertz CT molecular complexity index is 1360. The number of alkyl halides is 6. The molecule has 2 amide bonds. The van der Waals surface area contributed by atoms with Crippen LogP contribution in [0.15, 0.2) is 95.1 Å². The van der Waals surface area contributed by atoms with Crippen LogP contribution in [0.5, 0.6) is 0 Å². The van der Waals surface area contributed by atoms with Gasteiger partial charge in [-0.3, -0.25) is 9.59 Å². The third kappa shape index (κ3) is 5.33. The quantitative estimate of drug-likeness (QED) is 0.360. The highest BCUT2D eigenvalue weighted by Gasteiger charge is 2.49. The summed E-state index contributed by atoms with van der Waals surface area (Å²) in [4.78, 5) is 24.3. The first-order valence-electron chi connectivity index (χ1n) is 12.1. The third-order valence-corrected chi connectivity index (χ3v) is 6.64. The number of nitrogens with zero attached hydrogens (tertiary/aromatic N) is 4. The molecule has 2 aliphatic heterocycles. The van der Waals surface area contributed by atoms with Crippen LogP contribution in [-0.4, -0.2) is 45.6 Å². The van der Waals surface area contributed by atoms with E-state index < -0.39 is 36.3 Å². The van der Waals surface area contributed by atoms with E-state index in [9.17, 15) is 35.9 Å². The number of hydrogen-bond donors (Lipinski definition) is 0. The van der Waals surface area contributed by atoms with Gasteiger partial charge in [0.15, 0.2) is 0 Å². The van der Waals surface area contributed by atoms with Crippen LogP contribution < -0.4 is 0 Å². The maximum atomic E-state index is 13.3. The van der Waals surface area contributed by atoms with Gasteiger partial charge in [0, 0.05) is 12.8 Å². The van der Waals surface area contributed by atoms with Crippen LogP contribution in [0.3, 0.4) is 0 Å². The predicted molar refractivity (Wildman–Crippen MR) is 133 cm³/mol. The number of amides is 2. The lowest BCUT2D eigenvalue weighted by Crippen LogP contribution is -2.38. The van der Waals surface area contributed by atoms with E-state index in [1.807, 2.05) is 0 Å². The average Bonchev–Trinajstić information content (AvgIpc) is 3.58. The molecule has 3 aromatic carbocycles. The van der Waals surface area contributed by atoms with E-state index in [1.165, 1.54) is 0 Å². The molecule has 12 heteroatoms. The minimum absolute atomic E-state index is 0.0239. The molecule has 2 aliphatic rings. The van der Waals surface area contributed by atoms with Crippen molar-refractivity contribution in [1.29, 1.82) is 0 Å². The van der Waals surface area contributed by atoms with E-state index in [1.54, 1.807) is 84.9 Å².